The van der Waals surface area contributed by atoms with Crippen molar-refractivity contribution in [2.45, 2.75) is 19.4 Å². The highest BCUT2D eigenvalue weighted by Gasteiger charge is 2.07. The Hall–Kier alpha value is -1.35. The third kappa shape index (κ3) is 3.58. The van der Waals surface area contributed by atoms with Crippen LogP contribution in [0.4, 0.5) is 0 Å². The van der Waals surface area contributed by atoms with Gasteiger partial charge in [0.15, 0.2) is 0 Å². The Morgan fingerprint density at radius 2 is 2.07 bits per heavy atom. The second-order valence-corrected chi connectivity index (χ2v) is 3.19. The molecule has 0 radical (unpaired) electrons. The van der Waals surface area contributed by atoms with Gasteiger partial charge in [0.05, 0.1) is 6.61 Å². The summed E-state index contributed by atoms with van der Waals surface area (Å²) >= 11 is 0. The third-order valence-electron chi connectivity index (χ3n) is 1.85. The molecule has 1 rings (SSSR count). The van der Waals surface area contributed by atoms with E-state index in [1.54, 1.807) is 6.92 Å². The van der Waals surface area contributed by atoms with Crippen LogP contribution in [0.1, 0.15) is 12.5 Å². The van der Waals surface area contributed by atoms with Gasteiger partial charge in [0.25, 0.3) is 0 Å². The number of hydrogen-bond acceptors (Lipinski definition) is 3. The van der Waals surface area contributed by atoms with Gasteiger partial charge in [0.1, 0.15) is 6.04 Å². The lowest BCUT2D eigenvalue weighted by atomic mass is 10.2. The van der Waals surface area contributed by atoms with E-state index in [1.165, 1.54) is 0 Å². The van der Waals surface area contributed by atoms with Gasteiger partial charge in [-0.05, 0) is 12.5 Å². The number of hydrogen-bond donors (Lipinski definition) is 1. The molecule has 0 aliphatic heterocycles. The molecule has 76 valence electrons. The fourth-order valence-corrected chi connectivity index (χ4v) is 1.05. The molecule has 0 heterocycles. The zero-order chi connectivity index (χ0) is 10.4. The van der Waals surface area contributed by atoms with Crippen LogP contribution in [0.2, 0.25) is 0 Å². The number of ether oxygens (including phenoxy) is 1. The Labute approximate surface area is 83.9 Å². The number of benzene rings is 1. The Morgan fingerprint density at radius 3 is 2.64 bits per heavy atom. The zero-order valence-electron chi connectivity index (χ0n) is 8.27. The molecular formula is C11H15NO2. The summed E-state index contributed by atoms with van der Waals surface area (Å²) in [6.07, 6.45) is 0.735. The fraction of sp³-hybridized carbons (Fsp3) is 0.364. The van der Waals surface area contributed by atoms with Crippen molar-refractivity contribution in [1.29, 1.82) is 0 Å². The van der Waals surface area contributed by atoms with E-state index in [0.717, 1.165) is 12.0 Å². The molecule has 1 unspecified atom stereocenters. The maximum Gasteiger partial charge on any atom is 0.322 e. The maximum atomic E-state index is 11.0. The van der Waals surface area contributed by atoms with Crippen LogP contribution in [0.5, 0.6) is 0 Å². The van der Waals surface area contributed by atoms with E-state index in [9.17, 15) is 4.79 Å². The molecule has 2 N–H and O–H groups in total. The minimum atomic E-state index is -0.536. The van der Waals surface area contributed by atoms with Gasteiger partial charge in [-0.15, -0.1) is 0 Å². The topological polar surface area (TPSA) is 52.3 Å². The molecule has 0 saturated heterocycles. The van der Waals surface area contributed by atoms with E-state index >= 15 is 0 Å². The zero-order valence-corrected chi connectivity index (χ0v) is 8.27. The highest BCUT2D eigenvalue weighted by atomic mass is 16.5. The summed E-state index contributed by atoms with van der Waals surface area (Å²) in [4.78, 5) is 11.0. The summed E-state index contributed by atoms with van der Waals surface area (Å²) in [5.41, 5.74) is 6.50. The highest BCUT2D eigenvalue weighted by molar-refractivity contribution is 5.74. The minimum Gasteiger partial charge on any atom is -0.464 e. The van der Waals surface area contributed by atoms with Crippen molar-refractivity contribution in [2.24, 2.45) is 5.73 Å². The molecule has 0 bridgehead atoms. The third-order valence-corrected chi connectivity index (χ3v) is 1.85. The van der Waals surface area contributed by atoms with Crippen molar-refractivity contribution in [3.05, 3.63) is 35.9 Å². The van der Waals surface area contributed by atoms with Crippen molar-refractivity contribution in [3.63, 3.8) is 0 Å². The molecule has 1 atom stereocenters. The standard InChI is InChI=1S/C11H15NO2/c1-9(12)11(13)14-8-7-10-5-3-2-4-6-10/h2-6,9H,7-8,12H2,1H3. The lowest BCUT2D eigenvalue weighted by Gasteiger charge is -2.06. The van der Waals surface area contributed by atoms with Crippen LogP contribution >= 0.6 is 0 Å². The molecule has 3 heteroatoms. The maximum absolute atomic E-state index is 11.0. The van der Waals surface area contributed by atoms with Crippen molar-refractivity contribution in [1.82, 2.24) is 0 Å². The normalized spacial score (nSPS) is 12.1. The second kappa shape index (κ2) is 5.40. The Kier molecular flexibility index (Phi) is 4.13. The molecule has 3 nitrogen and oxygen atoms in total. The van der Waals surface area contributed by atoms with Crippen molar-refractivity contribution < 1.29 is 9.53 Å². The molecule has 0 aromatic heterocycles. The van der Waals surface area contributed by atoms with Gasteiger partial charge in [-0.1, -0.05) is 30.3 Å². The summed E-state index contributed by atoms with van der Waals surface area (Å²) in [6, 6.07) is 9.34. The highest BCUT2D eigenvalue weighted by Crippen LogP contribution is 1.99. The summed E-state index contributed by atoms with van der Waals surface area (Å²) in [5, 5.41) is 0. The van der Waals surface area contributed by atoms with Gasteiger partial charge in [-0.2, -0.15) is 0 Å². The minimum absolute atomic E-state index is 0.346. The van der Waals surface area contributed by atoms with Crippen LogP contribution in [0.25, 0.3) is 0 Å². The smallest absolute Gasteiger partial charge is 0.322 e. The predicted molar refractivity (Wildman–Crippen MR) is 54.8 cm³/mol. The van der Waals surface area contributed by atoms with Gasteiger partial charge in [0, 0.05) is 6.42 Å². The molecule has 0 aliphatic carbocycles. The quantitative estimate of drug-likeness (QED) is 0.729. The van der Waals surface area contributed by atoms with Gasteiger partial charge in [-0.3, -0.25) is 4.79 Å². The number of carbonyl (C=O) groups excluding carboxylic acids is 1. The van der Waals surface area contributed by atoms with E-state index in [-0.39, 0.29) is 5.97 Å². The van der Waals surface area contributed by atoms with E-state index in [0.29, 0.717) is 6.61 Å². The Morgan fingerprint density at radius 1 is 1.43 bits per heavy atom. The van der Waals surface area contributed by atoms with Crippen molar-refractivity contribution in [2.75, 3.05) is 6.61 Å². The fourth-order valence-electron chi connectivity index (χ4n) is 1.05. The SMILES string of the molecule is CC(N)C(=O)OCCc1ccccc1. The van der Waals surface area contributed by atoms with E-state index in [1.807, 2.05) is 30.3 Å². The number of esters is 1. The Balaban J connectivity index is 2.26. The lowest BCUT2D eigenvalue weighted by molar-refractivity contribution is -0.144. The monoisotopic (exact) mass is 193 g/mol. The number of carbonyl (C=O) groups is 1. The first-order chi connectivity index (χ1) is 6.70. The van der Waals surface area contributed by atoms with E-state index < -0.39 is 6.04 Å². The largest absolute Gasteiger partial charge is 0.464 e. The van der Waals surface area contributed by atoms with Gasteiger partial charge < -0.3 is 10.5 Å². The van der Waals surface area contributed by atoms with Crippen molar-refractivity contribution in [3.8, 4) is 0 Å². The van der Waals surface area contributed by atoms with Crippen LogP contribution in [0.15, 0.2) is 30.3 Å². The van der Waals surface area contributed by atoms with Crippen LogP contribution in [0, 0.1) is 0 Å². The van der Waals surface area contributed by atoms with Crippen LogP contribution in [-0.2, 0) is 16.0 Å². The van der Waals surface area contributed by atoms with Gasteiger partial charge in [0.2, 0.25) is 0 Å². The van der Waals surface area contributed by atoms with Crippen molar-refractivity contribution >= 4 is 5.97 Å². The van der Waals surface area contributed by atoms with Crippen LogP contribution in [-0.4, -0.2) is 18.6 Å². The molecule has 0 amide bonds. The number of rotatable bonds is 4. The summed E-state index contributed by atoms with van der Waals surface area (Å²) in [5.74, 6) is -0.346. The second-order valence-electron chi connectivity index (χ2n) is 3.19. The van der Waals surface area contributed by atoms with E-state index in [4.69, 9.17) is 10.5 Å². The molecular weight excluding hydrogens is 178 g/mol. The van der Waals surface area contributed by atoms with Gasteiger partial charge >= 0.3 is 5.97 Å². The van der Waals surface area contributed by atoms with E-state index in [2.05, 4.69) is 0 Å². The first-order valence-electron chi connectivity index (χ1n) is 4.66. The lowest BCUT2D eigenvalue weighted by Crippen LogP contribution is -2.29. The first-order valence-corrected chi connectivity index (χ1v) is 4.66. The molecule has 1 aromatic carbocycles. The van der Waals surface area contributed by atoms with Crippen LogP contribution in [0.3, 0.4) is 0 Å². The molecule has 0 aliphatic rings. The molecule has 0 fully saturated rings. The Bertz CT molecular complexity index is 283. The summed E-state index contributed by atoms with van der Waals surface area (Å²) in [7, 11) is 0. The number of nitrogens with two attached hydrogens (primary N) is 1. The van der Waals surface area contributed by atoms with Crippen LogP contribution < -0.4 is 5.73 Å². The van der Waals surface area contributed by atoms with Gasteiger partial charge in [-0.25, -0.2) is 0 Å². The molecule has 0 saturated carbocycles. The summed E-state index contributed by atoms with van der Waals surface area (Å²) < 4.78 is 4.94. The molecule has 1 aromatic rings. The summed E-state index contributed by atoms with van der Waals surface area (Å²) in [6.45, 7) is 2.01. The molecule has 0 spiro atoms. The average Bonchev–Trinajstić information content (AvgIpc) is 2.19. The predicted octanol–water partition coefficient (Wildman–Crippen LogP) is 1.12. The molecule has 14 heavy (non-hydrogen) atoms. The first kappa shape index (κ1) is 10.7. The average molecular weight is 193 g/mol.